The van der Waals surface area contributed by atoms with Gasteiger partial charge in [-0.3, -0.25) is 4.72 Å². The smallest absolute Gasteiger partial charge is 0.295 e. The van der Waals surface area contributed by atoms with Crippen molar-refractivity contribution in [1.29, 1.82) is 0 Å². The molecule has 3 aromatic rings. The van der Waals surface area contributed by atoms with Gasteiger partial charge < -0.3 is 8.94 Å². The molecule has 0 saturated heterocycles. The molecule has 0 amide bonds. The number of rotatable bonds is 4. The lowest BCUT2D eigenvalue weighted by atomic mass is 10.2. The van der Waals surface area contributed by atoms with Crippen molar-refractivity contribution >= 4 is 27.3 Å². The van der Waals surface area contributed by atoms with Gasteiger partial charge in [-0.1, -0.05) is 22.8 Å². The van der Waals surface area contributed by atoms with E-state index < -0.39 is 10.0 Å². The molecule has 0 aliphatic heterocycles. The predicted octanol–water partition coefficient (Wildman–Crippen LogP) is 4.31. The maximum Gasteiger partial charge on any atom is 0.295 e. The predicted molar refractivity (Wildman–Crippen MR) is 90.7 cm³/mol. The summed E-state index contributed by atoms with van der Waals surface area (Å²) in [5.41, 5.74) is 2.55. The largest absolute Gasteiger partial charge is 0.439 e. The zero-order valence-corrected chi connectivity index (χ0v) is 14.8. The van der Waals surface area contributed by atoms with E-state index in [0.29, 0.717) is 27.8 Å². The molecule has 3 rings (SSSR count). The fraction of sp³-hybridized carbons (Fsp3) is 0.188. The Labute approximate surface area is 144 Å². The number of benzene rings is 1. The topological polar surface area (TPSA) is 85.3 Å². The van der Waals surface area contributed by atoms with E-state index in [1.165, 1.54) is 12.1 Å². The molecule has 0 aliphatic carbocycles. The monoisotopic (exact) mass is 366 g/mol. The fourth-order valence-corrected chi connectivity index (χ4v) is 3.38. The second-order valence-electron chi connectivity index (χ2n) is 5.36. The first kappa shape index (κ1) is 16.6. The standard InChI is InChI=1S/C16H15ClN2O4S/c1-9-11(3)18-23-16(9)14-7-8-15(22-14)24(20,21)19-13-6-4-5-12(17)10(13)2/h4-8,19H,1-3H3. The molecular formula is C16H15ClN2O4S. The molecule has 24 heavy (non-hydrogen) atoms. The molecule has 0 saturated carbocycles. The van der Waals surface area contributed by atoms with E-state index in [4.69, 9.17) is 20.5 Å². The van der Waals surface area contributed by atoms with Crippen LogP contribution >= 0.6 is 11.6 Å². The van der Waals surface area contributed by atoms with Crippen molar-refractivity contribution in [2.45, 2.75) is 25.9 Å². The average molecular weight is 367 g/mol. The number of anilines is 1. The molecule has 0 aliphatic rings. The molecule has 1 N–H and O–H groups in total. The van der Waals surface area contributed by atoms with Gasteiger partial charge in [0.05, 0.1) is 11.4 Å². The molecule has 0 bridgehead atoms. The van der Waals surface area contributed by atoms with Gasteiger partial charge >= 0.3 is 0 Å². The first-order valence-electron chi connectivity index (χ1n) is 7.10. The number of halogens is 1. The lowest BCUT2D eigenvalue weighted by Crippen LogP contribution is -2.13. The highest BCUT2D eigenvalue weighted by Crippen LogP contribution is 2.30. The van der Waals surface area contributed by atoms with Crippen LogP contribution in [0.2, 0.25) is 5.02 Å². The quantitative estimate of drug-likeness (QED) is 0.743. The number of aromatic nitrogens is 1. The van der Waals surface area contributed by atoms with E-state index in [1.54, 1.807) is 32.0 Å². The Hall–Kier alpha value is -2.25. The summed E-state index contributed by atoms with van der Waals surface area (Å²) in [6, 6.07) is 7.89. The second-order valence-corrected chi connectivity index (χ2v) is 7.38. The van der Waals surface area contributed by atoms with Crippen LogP contribution in [0.15, 0.2) is 44.4 Å². The molecule has 8 heteroatoms. The Morgan fingerprint density at radius 3 is 2.50 bits per heavy atom. The zero-order chi connectivity index (χ0) is 17.5. The number of sulfonamides is 1. The van der Waals surface area contributed by atoms with Crippen molar-refractivity contribution in [1.82, 2.24) is 5.16 Å². The number of nitrogens with zero attached hydrogens (tertiary/aromatic N) is 1. The summed E-state index contributed by atoms with van der Waals surface area (Å²) in [5.74, 6) is 0.712. The third-order valence-electron chi connectivity index (χ3n) is 3.74. The van der Waals surface area contributed by atoms with Crippen molar-refractivity contribution in [3.8, 4) is 11.5 Å². The van der Waals surface area contributed by atoms with Crippen LogP contribution in [0.25, 0.3) is 11.5 Å². The molecule has 0 unspecified atom stereocenters. The summed E-state index contributed by atoms with van der Waals surface area (Å²) in [7, 11) is -3.88. The molecule has 0 spiro atoms. The van der Waals surface area contributed by atoms with Gasteiger partial charge in [-0.15, -0.1) is 0 Å². The van der Waals surface area contributed by atoms with Crippen molar-refractivity contribution in [3.05, 3.63) is 52.2 Å². The highest BCUT2D eigenvalue weighted by Gasteiger charge is 2.23. The minimum Gasteiger partial charge on any atom is -0.439 e. The Balaban J connectivity index is 1.94. The summed E-state index contributed by atoms with van der Waals surface area (Å²) in [6.07, 6.45) is 0. The van der Waals surface area contributed by atoms with Gasteiger partial charge in [-0.05, 0) is 50.6 Å². The van der Waals surface area contributed by atoms with Gasteiger partial charge in [0.1, 0.15) is 0 Å². The minimum atomic E-state index is -3.88. The SMILES string of the molecule is Cc1noc(-c2ccc(S(=O)(=O)Nc3cccc(Cl)c3C)o2)c1C. The van der Waals surface area contributed by atoms with E-state index in [1.807, 2.05) is 6.92 Å². The van der Waals surface area contributed by atoms with E-state index >= 15 is 0 Å². The lowest BCUT2D eigenvalue weighted by Gasteiger charge is -2.09. The molecular weight excluding hydrogens is 352 g/mol. The van der Waals surface area contributed by atoms with Gasteiger partial charge in [-0.25, -0.2) is 0 Å². The summed E-state index contributed by atoms with van der Waals surface area (Å²) >= 11 is 6.01. The highest BCUT2D eigenvalue weighted by molar-refractivity contribution is 7.92. The van der Waals surface area contributed by atoms with Gasteiger partial charge in [0.15, 0.2) is 5.76 Å². The van der Waals surface area contributed by atoms with Gasteiger partial charge in [0.2, 0.25) is 10.9 Å². The summed E-state index contributed by atoms with van der Waals surface area (Å²) in [5, 5.41) is 4.10. The highest BCUT2D eigenvalue weighted by atomic mass is 35.5. The van der Waals surface area contributed by atoms with E-state index in [9.17, 15) is 8.42 Å². The molecule has 126 valence electrons. The molecule has 0 atom stereocenters. The van der Waals surface area contributed by atoms with Gasteiger partial charge in [0.25, 0.3) is 10.0 Å². The number of hydrogen-bond acceptors (Lipinski definition) is 5. The average Bonchev–Trinajstić information content (AvgIpc) is 3.13. The maximum absolute atomic E-state index is 12.5. The van der Waals surface area contributed by atoms with Crippen LogP contribution in [0.3, 0.4) is 0 Å². The zero-order valence-electron chi connectivity index (χ0n) is 13.3. The third kappa shape index (κ3) is 2.92. The summed E-state index contributed by atoms with van der Waals surface area (Å²) < 4.78 is 38.1. The number of hydrogen-bond donors (Lipinski definition) is 1. The Bertz CT molecular complexity index is 1010. The number of aryl methyl sites for hydroxylation is 1. The Kier molecular flexibility index (Phi) is 4.15. The first-order chi connectivity index (χ1) is 11.3. The molecule has 0 radical (unpaired) electrons. The van der Waals surface area contributed by atoms with Crippen LogP contribution in [0.1, 0.15) is 16.8 Å². The molecule has 6 nitrogen and oxygen atoms in total. The van der Waals surface area contributed by atoms with Crippen molar-refractivity contribution < 1.29 is 17.4 Å². The summed E-state index contributed by atoms with van der Waals surface area (Å²) in [4.78, 5) is 0. The number of furan rings is 1. The van der Waals surface area contributed by atoms with Crippen LogP contribution < -0.4 is 4.72 Å². The third-order valence-corrected chi connectivity index (χ3v) is 5.39. The van der Waals surface area contributed by atoms with E-state index in [-0.39, 0.29) is 5.09 Å². The Morgan fingerprint density at radius 2 is 1.83 bits per heavy atom. The van der Waals surface area contributed by atoms with Crippen LogP contribution in [0.5, 0.6) is 0 Å². The Morgan fingerprint density at radius 1 is 1.08 bits per heavy atom. The number of nitrogens with one attached hydrogen (secondary N) is 1. The maximum atomic E-state index is 12.5. The molecule has 0 fully saturated rings. The van der Waals surface area contributed by atoms with Gasteiger partial charge in [0, 0.05) is 10.6 Å². The molecule has 2 heterocycles. The van der Waals surface area contributed by atoms with E-state index in [0.717, 1.165) is 11.3 Å². The van der Waals surface area contributed by atoms with Crippen LogP contribution in [0, 0.1) is 20.8 Å². The van der Waals surface area contributed by atoms with Crippen molar-refractivity contribution in [2.75, 3.05) is 4.72 Å². The molecule has 1 aromatic carbocycles. The minimum absolute atomic E-state index is 0.217. The van der Waals surface area contributed by atoms with Crippen LogP contribution in [0.4, 0.5) is 5.69 Å². The van der Waals surface area contributed by atoms with Gasteiger partial charge in [-0.2, -0.15) is 8.42 Å². The van der Waals surface area contributed by atoms with Crippen molar-refractivity contribution in [3.63, 3.8) is 0 Å². The van der Waals surface area contributed by atoms with Crippen LogP contribution in [-0.4, -0.2) is 13.6 Å². The fourth-order valence-electron chi connectivity index (χ4n) is 2.14. The first-order valence-corrected chi connectivity index (χ1v) is 8.96. The lowest BCUT2D eigenvalue weighted by molar-refractivity contribution is 0.398. The second kappa shape index (κ2) is 5.99. The normalized spacial score (nSPS) is 11.7. The van der Waals surface area contributed by atoms with E-state index in [2.05, 4.69) is 9.88 Å². The molecule has 2 aromatic heterocycles. The van der Waals surface area contributed by atoms with Crippen molar-refractivity contribution in [2.24, 2.45) is 0 Å². The summed E-state index contributed by atoms with van der Waals surface area (Å²) in [6.45, 7) is 5.35. The van der Waals surface area contributed by atoms with Crippen LogP contribution in [-0.2, 0) is 10.0 Å².